The lowest BCUT2D eigenvalue weighted by atomic mass is 10.1. The standard InChI is InChI=1S/C26H23ClF2N4O/c1-17(20-7-6-14-30-16-20)32(3)25(34)19-12-10-18(11-13-19)23-15-24(26(2,28)29)31-33(23)22-9-5-4-8-21(22)27/h4-17H,1-3H3. The zero-order valence-corrected chi connectivity index (χ0v) is 19.7. The summed E-state index contributed by atoms with van der Waals surface area (Å²) in [6.07, 6.45) is 3.42. The molecule has 1 amide bonds. The van der Waals surface area contributed by atoms with Crippen molar-refractivity contribution in [2.75, 3.05) is 7.05 Å². The van der Waals surface area contributed by atoms with Crippen LogP contribution in [0.25, 0.3) is 16.9 Å². The van der Waals surface area contributed by atoms with Crippen molar-refractivity contribution >= 4 is 17.5 Å². The minimum Gasteiger partial charge on any atom is -0.335 e. The largest absolute Gasteiger partial charge is 0.335 e. The first-order chi connectivity index (χ1) is 16.2. The lowest BCUT2D eigenvalue weighted by Crippen LogP contribution is -2.29. The fraction of sp³-hybridized carbons (Fsp3) is 0.192. The van der Waals surface area contributed by atoms with Crippen LogP contribution in [0.2, 0.25) is 5.02 Å². The summed E-state index contributed by atoms with van der Waals surface area (Å²) in [4.78, 5) is 18.8. The van der Waals surface area contributed by atoms with Crippen LogP contribution in [0.15, 0.2) is 79.1 Å². The molecule has 0 bridgehead atoms. The highest BCUT2D eigenvalue weighted by atomic mass is 35.5. The number of hydrogen-bond donors (Lipinski definition) is 0. The van der Waals surface area contributed by atoms with Crippen molar-refractivity contribution in [2.24, 2.45) is 0 Å². The van der Waals surface area contributed by atoms with Crippen LogP contribution in [0.5, 0.6) is 0 Å². The normalized spacial score (nSPS) is 12.4. The molecule has 2 aromatic heterocycles. The van der Waals surface area contributed by atoms with E-state index in [-0.39, 0.29) is 17.6 Å². The molecule has 0 fully saturated rings. The maximum Gasteiger partial charge on any atom is 0.288 e. The van der Waals surface area contributed by atoms with Crippen LogP contribution in [-0.4, -0.2) is 32.6 Å². The van der Waals surface area contributed by atoms with Gasteiger partial charge in [-0.15, -0.1) is 0 Å². The number of amides is 1. The second-order valence-corrected chi connectivity index (χ2v) is 8.53. The summed E-state index contributed by atoms with van der Waals surface area (Å²) in [5.74, 6) is -3.29. The monoisotopic (exact) mass is 480 g/mol. The number of carbonyl (C=O) groups excluding carboxylic acids is 1. The summed E-state index contributed by atoms with van der Waals surface area (Å²) < 4.78 is 29.6. The van der Waals surface area contributed by atoms with Gasteiger partial charge in [-0.05, 0) is 48.9 Å². The first kappa shape index (κ1) is 23.6. The Kier molecular flexibility index (Phi) is 6.48. The number of rotatable bonds is 6. The number of aromatic nitrogens is 3. The van der Waals surface area contributed by atoms with E-state index in [2.05, 4.69) is 10.1 Å². The summed E-state index contributed by atoms with van der Waals surface area (Å²) in [6, 6.07) is 18.6. The van der Waals surface area contributed by atoms with Crippen LogP contribution in [0.3, 0.4) is 0 Å². The minimum atomic E-state index is -3.12. The first-order valence-corrected chi connectivity index (χ1v) is 11.1. The molecular weight excluding hydrogens is 458 g/mol. The molecule has 0 saturated heterocycles. The molecule has 0 saturated carbocycles. The van der Waals surface area contributed by atoms with Crippen LogP contribution in [0.4, 0.5) is 8.78 Å². The molecule has 0 radical (unpaired) electrons. The molecule has 2 aromatic carbocycles. The van der Waals surface area contributed by atoms with Gasteiger partial charge >= 0.3 is 0 Å². The molecule has 1 unspecified atom stereocenters. The van der Waals surface area contributed by atoms with Gasteiger partial charge in [0.05, 0.1) is 22.4 Å². The number of carbonyl (C=O) groups is 1. The van der Waals surface area contributed by atoms with Crippen molar-refractivity contribution < 1.29 is 13.6 Å². The lowest BCUT2D eigenvalue weighted by molar-refractivity contribution is 0.0124. The van der Waals surface area contributed by atoms with Crippen molar-refractivity contribution in [3.63, 3.8) is 0 Å². The van der Waals surface area contributed by atoms with Crippen LogP contribution in [-0.2, 0) is 5.92 Å². The third kappa shape index (κ3) is 4.70. The zero-order valence-electron chi connectivity index (χ0n) is 18.9. The highest BCUT2D eigenvalue weighted by Gasteiger charge is 2.30. The van der Waals surface area contributed by atoms with Gasteiger partial charge in [-0.25, -0.2) is 4.68 Å². The molecule has 174 valence electrons. The van der Waals surface area contributed by atoms with E-state index < -0.39 is 5.92 Å². The molecule has 4 rings (SSSR count). The van der Waals surface area contributed by atoms with Crippen LogP contribution >= 0.6 is 11.6 Å². The highest BCUT2D eigenvalue weighted by molar-refractivity contribution is 6.32. The number of hydrogen-bond acceptors (Lipinski definition) is 3. The van der Waals surface area contributed by atoms with Gasteiger partial charge in [0.25, 0.3) is 11.8 Å². The molecular formula is C26H23ClF2N4O. The number of nitrogens with zero attached hydrogens (tertiary/aromatic N) is 4. The van der Waals surface area contributed by atoms with Crippen molar-refractivity contribution in [1.82, 2.24) is 19.7 Å². The van der Waals surface area contributed by atoms with Gasteiger partial charge in [-0.1, -0.05) is 41.9 Å². The van der Waals surface area contributed by atoms with Gasteiger partial charge in [-0.3, -0.25) is 9.78 Å². The van der Waals surface area contributed by atoms with Crippen molar-refractivity contribution in [3.8, 4) is 16.9 Å². The Morgan fingerprint density at radius 1 is 1.09 bits per heavy atom. The predicted molar refractivity (Wildman–Crippen MR) is 128 cm³/mol. The number of alkyl halides is 2. The smallest absolute Gasteiger partial charge is 0.288 e. The molecule has 0 aliphatic carbocycles. The van der Waals surface area contributed by atoms with Gasteiger partial charge < -0.3 is 4.90 Å². The van der Waals surface area contributed by atoms with E-state index in [0.29, 0.717) is 27.5 Å². The van der Waals surface area contributed by atoms with Crippen molar-refractivity contribution in [2.45, 2.75) is 25.8 Å². The lowest BCUT2D eigenvalue weighted by Gasteiger charge is -2.25. The topological polar surface area (TPSA) is 51.0 Å². The molecule has 0 N–H and O–H groups in total. The molecule has 34 heavy (non-hydrogen) atoms. The summed E-state index contributed by atoms with van der Waals surface area (Å²) in [6.45, 7) is 2.73. The third-order valence-electron chi connectivity index (χ3n) is 5.74. The second kappa shape index (κ2) is 9.35. The fourth-order valence-electron chi connectivity index (χ4n) is 3.62. The number of para-hydroxylation sites is 1. The Morgan fingerprint density at radius 2 is 1.79 bits per heavy atom. The quantitative estimate of drug-likeness (QED) is 0.315. The molecule has 2 heterocycles. The maximum atomic E-state index is 14.1. The number of benzene rings is 2. The fourth-order valence-corrected chi connectivity index (χ4v) is 3.83. The van der Waals surface area contributed by atoms with Crippen molar-refractivity contribution in [1.29, 1.82) is 0 Å². The summed E-state index contributed by atoms with van der Waals surface area (Å²) in [5.41, 5.74) is 2.59. The minimum absolute atomic E-state index is 0.164. The summed E-state index contributed by atoms with van der Waals surface area (Å²) in [5, 5.41) is 4.52. The molecule has 0 aliphatic rings. The predicted octanol–water partition coefficient (Wildman–Crippen LogP) is 6.53. The Balaban J connectivity index is 1.67. The first-order valence-electron chi connectivity index (χ1n) is 10.7. The average molecular weight is 481 g/mol. The van der Waals surface area contributed by atoms with Crippen LogP contribution in [0.1, 0.15) is 41.5 Å². The SMILES string of the molecule is CC(c1cccnc1)N(C)C(=O)c1ccc(-c2cc(C(C)(F)F)nn2-c2ccccc2Cl)cc1. The van der Waals surface area contributed by atoms with Crippen molar-refractivity contribution in [3.05, 3.63) is 101 Å². The van der Waals surface area contributed by atoms with Gasteiger partial charge in [0.1, 0.15) is 5.69 Å². The van der Waals surface area contributed by atoms with Crippen LogP contribution in [0, 0.1) is 0 Å². The van der Waals surface area contributed by atoms with Gasteiger partial charge in [0.15, 0.2) is 0 Å². The van der Waals surface area contributed by atoms with Crippen LogP contribution < -0.4 is 0 Å². The van der Waals surface area contributed by atoms with Gasteiger partial charge in [-0.2, -0.15) is 13.9 Å². The maximum absolute atomic E-state index is 14.1. The molecule has 8 heteroatoms. The highest BCUT2D eigenvalue weighted by Crippen LogP contribution is 2.33. The van der Waals surface area contributed by atoms with E-state index in [1.165, 1.54) is 10.7 Å². The Morgan fingerprint density at radius 3 is 2.41 bits per heavy atom. The zero-order chi connectivity index (χ0) is 24.5. The number of halogens is 3. The second-order valence-electron chi connectivity index (χ2n) is 8.12. The van der Waals surface area contributed by atoms with E-state index >= 15 is 0 Å². The summed E-state index contributed by atoms with van der Waals surface area (Å²) in [7, 11) is 1.73. The molecule has 1 atom stereocenters. The average Bonchev–Trinajstić information content (AvgIpc) is 3.29. The molecule has 4 aromatic rings. The van der Waals surface area contributed by atoms with Gasteiger partial charge in [0, 0.05) is 37.5 Å². The Hall–Kier alpha value is -3.58. The Labute approximate surface area is 201 Å². The van der Waals surface area contributed by atoms with E-state index in [1.807, 2.05) is 19.1 Å². The molecule has 5 nitrogen and oxygen atoms in total. The van der Waals surface area contributed by atoms with E-state index in [9.17, 15) is 13.6 Å². The number of pyridine rings is 1. The molecule has 0 aliphatic heterocycles. The van der Waals surface area contributed by atoms with E-state index in [0.717, 1.165) is 12.5 Å². The van der Waals surface area contributed by atoms with E-state index in [1.54, 1.807) is 72.9 Å². The van der Waals surface area contributed by atoms with Gasteiger partial charge in [0.2, 0.25) is 0 Å². The van der Waals surface area contributed by atoms with E-state index in [4.69, 9.17) is 11.6 Å². The third-order valence-corrected chi connectivity index (χ3v) is 6.06. The molecule has 0 spiro atoms. The Bertz CT molecular complexity index is 1300. The summed E-state index contributed by atoms with van der Waals surface area (Å²) >= 11 is 6.32.